The minimum Gasteiger partial charge on any atom is -0.436 e. The van der Waals surface area contributed by atoms with E-state index in [2.05, 4.69) is 10.2 Å². The van der Waals surface area contributed by atoms with E-state index in [0.29, 0.717) is 11.1 Å². The van der Waals surface area contributed by atoms with Crippen LogP contribution in [0.15, 0.2) is 91.0 Å². The molecular weight excluding hydrogens is 401 g/mol. The monoisotopic (exact) mass is 416 g/mol. The number of para-hydroxylation sites is 1. The Hall–Kier alpha value is -3.93. The van der Waals surface area contributed by atoms with E-state index in [-0.39, 0.29) is 11.6 Å². The number of benzene rings is 4. The van der Waals surface area contributed by atoms with E-state index < -0.39 is 11.7 Å². The first kappa shape index (κ1) is 19.1. The third kappa shape index (κ3) is 3.57. The number of hydrogen-bond acceptors (Lipinski definition) is 3. The van der Waals surface area contributed by atoms with Gasteiger partial charge in [-0.05, 0) is 35.0 Å². The molecule has 0 fully saturated rings. The van der Waals surface area contributed by atoms with Gasteiger partial charge in [0.2, 0.25) is 5.88 Å². The highest BCUT2D eigenvalue weighted by molar-refractivity contribution is 6.05. The van der Waals surface area contributed by atoms with Crippen molar-refractivity contribution >= 4 is 21.5 Å². The van der Waals surface area contributed by atoms with Crippen LogP contribution in [0.2, 0.25) is 0 Å². The van der Waals surface area contributed by atoms with Crippen LogP contribution in [-0.2, 0) is 6.18 Å². The van der Waals surface area contributed by atoms with E-state index >= 15 is 0 Å². The lowest BCUT2D eigenvalue weighted by molar-refractivity contribution is -0.138. The zero-order chi connectivity index (χ0) is 21.4. The van der Waals surface area contributed by atoms with Gasteiger partial charge in [-0.1, -0.05) is 66.7 Å². The standard InChI is InChI=1S/C25H15F3N2O/c26-25(27,28)21-12-6-7-13-22(21)31-24-20-15-18-11-5-4-10-17(18)14-19(20)23(29-30-24)16-8-2-1-3-9-16/h1-15H. The second kappa shape index (κ2) is 7.40. The highest BCUT2D eigenvalue weighted by Crippen LogP contribution is 2.40. The lowest BCUT2D eigenvalue weighted by Gasteiger charge is -2.15. The molecule has 1 aromatic heterocycles. The van der Waals surface area contributed by atoms with Crippen LogP contribution in [-0.4, -0.2) is 10.2 Å². The summed E-state index contributed by atoms with van der Waals surface area (Å²) in [6.45, 7) is 0. The van der Waals surface area contributed by atoms with Gasteiger partial charge in [-0.2, -0.15) is 13.2 Å². The third-order valence-electron chi connectivity index (χ3n) is 5.06. The summed E-state index contributed by atoms with van der Waals surface area (Å²) in [6, 6.07) is 26.2. The van der Waals surface area contributed by atoms with Gasteiger partial charge in [0.15, 0.2) is 0 Å². The van der Waals surface area contributed by atoms with Crippen molar-refractivity contribution in [1.82, 2.24) is 10.2 Å². The minimum atomic E-state index is -4.55. The lowest BCUT2D eigenvalue weighted by atomic mass is 10.0. The van der Waals surface area contributed by atoms with Crippen LogP contribution in [0.3, 0.4) is 0 Å². The number of hydrogen-bond donors (Lipinski definition) is 0. The van der Waals surface area contributed by atoms with Gasteiger partial charge in [0, 0.05) is 16.3 Å². The fourth-order valence-corrected chi connectivity index (χ4v) is 3.59. The molecule has 0 radical (unpaired) electrons. The molecular formula is C25H15F3N2O. The Morgan fingerprint density at radius 1 is 0.645 bits per heavy atom. The number of nitrogens with zero attached hydrogens (tertiary/aromatic N) is 2. The number of ether oxygens (including phenoxy) is 1. The highest BCUT2D eigenvalue weighted by Gasteiger charge is 2.34. The normalized spacial score (nSPS) is 11.7. The third-order valence-corrected chi connectivity index (χ3v) is 5.06. The molecule has 3 nitrogen and oxygen atoms in total. The maximum atomic E-state index is 13.4. The first-order valence-electron chi connectivity index (χ1n) is 9.59. The number of fused-ring (bicyclic) bond motifs is 2. The van der Waals surface area contributed by atoms with E-state index in [9.17, 15) is 13.2 Å². The molecule has 0 unspecified atom stereocenters. The van der Waals surface area contributed by atoms with E-state index in [4.69, 9.17) is 4.74 Å². The molecule has 0 bridgehead atoms. The smallest absolute Gasteiger partial charge is 0.419 e. The molecule has 31 heavy (non-hydrogen) atoms. The minimum absolute atomic E-state index is 0.0251. The molecule has 0 spiro atoms. The average molecular weight is 416 g/mol. The SMILES string of the molecule is FC(F)(F)c1ccccc1Oc1nnc(-c2ccccc2)c2cc3ccccc3cc12. The van der Waals surface area contributed by atoms with Gasteiger partial charge in [-0.25, -0.2) is 0 Å². The van der Waals surface area contributed by atoms with Crippen LogP contribution >= 0.6 is 0 Å². The van der Waals surface area contributed by atoms with Gasteiger partial charge in [0.05, 0.1) is 5.56 Å². The second-order valence-electron chi connectivity index (χ2n) is 7.06. The van der Waals surface area contributed by atoms with Crippen molar-refractivity contribution < 1.29 is 17.9 Å². The zero-order valence-corrected chi connectivity index (χ0v) is 16.1. The van der Waals surface area contributed by atoms with Crippen molar-refractivity contribution in [3.8, 4) is 22.9 Å². The van der Waals surface area contributed by atoms with Crippen LogP contribution in [0.4, 0.5) is 13.2 Å². The summed E-state index contributed by atoms with van der Waals surface area (Å²) in [5, 5.41) is 11.7. The number of rotatable bonds is 3. The van der Waals surface area contributed by atoms with Crippen LogP contribution in [0.5, 0.6) is 11.6 Å². The maximum absolute atomic E-state index is 13.4. The summed E-state index contributed by atoms with van der Waals surface area (Å²) in [4.78, 5) is 0. The Balaban J connectivity index is 1.75. The van der Waals surface area contributed by atoms with Gasteiger partial charge in [0.1, 0.15) is 11.4 Å². The van der Waals surface area contributed by atoms with E-state index in [0.717, 1.165) is 27.8 Å². The number of halogens is 3. The summed E-state index contributed by atoms with van der Waals surface area (Å²) in [6.07, 6.45) is -4.55. The number of alkyl halides is 3. The average Bonchev–Trinajstić information content (AvgIpc) is 2.78. The number of aromatic nitrogens is 2. The van der Waals surface area contributed by atoms with Crippen molar-refractivity contribution in [2.24, 2.45) is 0 Å². The van der Waals surface area contributed by atoms with Crippen molar-refractivity contribution in [2.75, 3.05) is 0 Å². The molecule has 0 aliphatic carbocycles. The van der Waals surface area contributed by atoms with Crippen molar-refractivity contribution in [3.05, 3.63) is 96.6 Å². The van der Waals surface area contributed by atoms with Crippen molar-refractivity contribution in [1.29, 1.82) is 0 Å². The molecule has 0 aliphatic heterocycles. The summed E-state index contributed by atoms with van der Waals surface area (Å²) >= 11 is 0. The Labute approximate surface area is 175 Å². The zero-order valence-electron chi connectivity index (χ0n) is 16.1. The Morgan fingerprint density at radius 3 is 1.97 bits per heavy atom. The largest absolute Gasteiger partial charge is 0.436 e. The van der Waals surface area contributed by atoms with Crippen molar-refractivity contribution in [2.45, 2.75) is 6.18 Å². The van der Waals surface area contributed by atoms with Gasteiger partial charge >= 0.3 is 6.18 Å². The Bertz CT molecular complexity index is 1400. The van der Waals surface area contributed by atoms with E-state index in [1.165, 1.54) is 18.2 Å². The quantitative estimate of drug-likeness (QED) is 0.290. The van der Waals surface area contributed by atoms with Gasteiger partial charge in [-0.15, -0.1) is 10.2 Å². The predicted octanol–water partition coefficient (Wildman–Crippen LogP) is 7.26. The molecule has 0 N–H and O–H groups in total. The van der Waals surface area contributed by atoms with Crippen LogP contribution in [0.1, 0.15) is 5.56 Å². The molecule has 0 amide bonds. The molecule has 0 saturated carbocycles. The van der Waals surface area contributed by atoms with Crippen molar-refractivity contribution in [3.63, 3.8) is 0 Å². The predicted molar refractivity (Wildman–Crippen MR) is 114 cm³/mol. The lowest BCUT2D eigenvalue weighted by Crippen LogP contribution is -2.07. The molecule has 5 aromatic rings. The summed E-state index contributed by atoms with van der Waals surface area (Å²) in [5.41, 5.74) is 0.633. The van der Waals surface area contributed by atoms with Crippen LogP contribution < -0.4 is 4.74 Å². The Kier molecular flexibility index (Phi) is 4.55. The topological polar surface area (TPSA) is 35.0 Å². The fraction of sp³-hybridized carbons (Fsp3) is 0.0400. The van der Waals surface area contributed by atoms with Crippen LogP contribution in [0.25, 0.3) is 32.8 Å². The molecule has 152 valence electrons. The summed E-state index contributed by atoms with van der Waals surface area (Å²) in [5.74, 6) is -0.289. The molecule has 1 heterocycles. The summed E-state index contributed by atoms with van der Waals surface area (Å²) in [7, 11) is 0. The highest BCUT2D eigenvalue weighted by atomic mass is 19.4. The fourth-order valence-electron chi connectivity index (χ4n) is 3.59. The van der Waals surface area contributed by atoms with E-state index in [1.807, 2.05) is 66.7 Å². The first-order valence-corrected chi connectivity index (χ1v) is 9.59. The van der Waals surface area contributed by atoms with Crippen LogP contribution in [0, 0.1) is 0 Å². The first-order chi connectivity index (χ1) is 15.0. The van der Waals surface area contributed by atoms with E-state index in [1.54, 1.807) is 0 Å². The maximum Gasteiger partial charge on any atom is 0.419 e. The summed E-state index contributed by atoms with van der Waals surface area (Å²) < 4.78 is 46.0. The van der Waals surface area contributed by atoms with Gasteiger partial charge in [0.25, 0.3) is 0 Å². The second-order valence-corrected chi connectivity index (χ2v) is 7.06. The molecule has 0 aliphatic rings. The molecule has 0 saturated heterocycles. The Morgan fingerprint density at radius 2 is 1.26 bits per heavy atom. The van der Waals surface area contributed by atoms with Gasteiger partial charge < -0.3 is 4.74 Å². The molecule has 6 heteroatoms. The molecule has 0 atom stereocenters. The molecule has 5 rings (SSSR count). The van der Waals surface area contributed by atoms with Gasteiger partial charge in [-0.3, -0.25) is 0 Å². The molecule has 4 aromatic carbocycles.